The Morgan fingerprint density at radius 3 is 2.70 bits per heavy atom. The van der Waals surface area contributed by atoms with Crippen LogP contribution in [0.3, 0.4) is 0 Å². The van der Waals surface area contributed by atoms with E-state index in [-0.39, 0.29) is 17.9 Å². The lowest BCUT2D eigenvalue weighted by atomic mass is 9.81. The van der Waals surface area contributed by atoms with Crippen LogP contribution in [-0.2, 0) is 0 Å². The van der Waals surface area contributed by atoms with Crippen molar-refractivity contribution in [2.24, 2.45) is 5.41 Å². The van der Waals surface area contributed by atoms with Gasteiger partial charge in [-0.15, -0.1) is 0 Å². The van der Waals surface area contributed by atoms with Gasteiger partial charge in [-0.25, -0.2) is 4.68 Å². The second-order valence-electron chi connectivity index (χ2n) is 9.06. The molecule has 2 atom stereocenters. The number of amides is 1. The Labute approximate surface area is 197 Å². The van der Waals surface area contributed by atoms with Crippen molar-refractivity contribution < 1.29 is 24.1 Å². The Kier molecular flexibility index (Phi) is 6.11. The summed E-state index contributed by atoms with van der Waals surface area (Å²) < 4.78 is 19.8. The van der Waals surface area contributed by atoms with Crippen molar-refractivity contribution in [2.45, 2.75) is 39.9 Å². The molecule has 9 heteroatoms. The van der Waals surface area contributed by atoms with E-state index in [0.717, 1.165) is 22.5 Å². The summed E-state index contributed by atoms with van der Waals surface area (Å²) in [5.74, 6) is 1.31. The molecule has 2 unspecified atom stereocenters. The lowest BCUT2D eigenvalue weighted by Crippen LogP contribution is -2.30. The molecule has 0 spiro atoms. The minimum atomic E-state index is -0.425. The van der Waals surface area contributed by atoms with Crippen molar-refractivity contribution in [3.8, 4) is 34.2 Å². The third-order valence-electron chi connectivity index (χ3n) is 5.51. The third kappa shape index (κ3) is 4.06. The monoisotopic (exact) mass is 471 g/mol. The van der Waals surface area contributed by atoms with Crippen LogP contribution in [0.15, 0.2) is 29.0 Å². The summed E-state index contributed by atoms with van der Waals surface area (Å²) in [4.78, 5) is 12.9. The molecule has 0 bridgehead atoms. The highest BCUT2D eigenvalue weighted by molar-refractivity contribution is 7.08. The van der Waals surface area contributed by atoms with Gasteiger partial charge in [0.05, 0.1) is 30.7 Å². The first-order chi connectivity index (χ1) is 15.7. The van der Waals surface area contributed by atoms with E-state index in [0.29, 0.717) is 22.9 Å². The topological polar surface area (TPSA) is 94.8 Å². The highest BCUT2D eigenvalue weighted by atomic mass is 32.1. The van der Waals surface area contributed by atoms with Crippen LogP contribution in [0.1, 0.15) is 49.9 Å². The van der Waals surface area contributed by atoms with E-state index >= 15 is 0 Å². The summed E-state index contributed by atoms with van der Waals surface area (Å²) in [5.41, 5.74) is 3.09. The van der Waals surface area contributed by atoms with Crippen molar-refractivity contribution in [3.05, 3.63) is 40.2 Å². The van der Waals surface area contributed by atoms with Crippen LogP contribution in [-0.4, -0.2) is 47.7 Å². The van der Waals surface area contributed by atoms with Gasteiger partial charge in [0.15, 0.2) is 17.2 Å². The van der Waals surface area contributed by atoms with Gasteiger partial charge in [-0.2, -0.15) is 16.4 Å². The Morgan fingerprint density at radius 2 is 2.12 bits per heavy atom. The van der Waals surface area contributed by atoms with Crippen molar-refractivity contribution >= 4 is 17.2 Å². The lowest BCUT2D eigenvalue weighted by molar-refractivity contribution is 0.0802. The summed E-state index contributed by atoms with van der Waals surface area (Å²) in [6.07, 6.45) is -0.848. The minimum Gasteiger partial charge on any atom is -0.493 e. The summed E-state index contributed by atoms with van der Waals surface area (Å²) in [6, 6.07) is 5.58. The first kappa shape index (κ1) is 23.1. The van der Waals surface area contributed by atoms with Crippen molar-refractivity contribution in [3.63, 3.8) is 0 Å². The van der Waals surface area contributed by atoms with Gasteiger partial charge in [-0.3, -0.25) is 4.79 Å². The molecule has 0 fully saturated rings. The number of aromatic nitrogens is 2. The van der Waals surface area contributed by atoms with Crippen LogP contribution < -0.4 is 19.5 Å². The summed E-state index contributed by atoms with van der Waals surface area (Å²) in [6.45, 7) is 7.84. The van der Waals surface area contributed by atoms with E-state index in [9.17, 15) is 9.90 Å². The number of carbonyl (C=O) groups is 1. The predicted molar refractivity (Wildman–Crippen MR) is 127 cm³/mol. The summed E-state index contributed by atoms with van der Waals surface area (Å²) in [7, 11) is 3.15. The second-order valence-corrected chi connectivity index (χ2v) is 9.84. The minimum absolute atomic E-state index is 0.137. The van der Waals surface area contributed by atoms with E-state index < -0.39 is 12.2 Å². The molecule has 1 aromatic carbocycles. The fourth-order valence-electron chi connectivity index (χ4n) is 3.91. The molecule has 1 amide bonds. The molecule has 1 aliphatic heterocycles. The maximum absolute atomic E-state index is 12.9. The number of nitrogens with zero attached hydrogens (tertiary/aromatic N) is 2. The molecule has 0 radical (unpaired) electrons. The number of hydrogen-bond donors (Lipinski definition) is 2. The highest BCUT2D eigenvalue weighted by Crippen LogP contribution is 2.53. The second kappa shape index (κ2) is 8.72. The average Bonchev–Trinajstić information content (AvgIpc) is 3.45. The number of methoxy groups -OCH3 is 1. The Balaban J connectivity index is 2.04. The number of carbonyl (C=O) groups excluding carboxylic acids is 1. The number of rotatable bonds is 6. The van der Waals surface area contributed by atoms with Crippen LogP contribution in [0.2, 0.25) is 0 Å². The number of aliphatic hydroxyl groups excluding tert-OH is 1. The normalized spacial score (nSPS) is 15.8. The Morgan fingerprint density at radius 1 is 1.36 bits per heavy atom. The first-order valence-electron chi connectivity index (χ1n) is 10.7. The van der Waals surface area contributed by atoms with Gasteiger partial charge >= 0.3 is 0 Å². The zero-order chi connectivity index (χ0) is 23.9. The molecule has 0 saturated carbocycles. The summed E-state index contributed by atoms with van der Waals surface area (Å²) >= 11 is 1.55. The van der Waals surface area contributed by atoms with E-state index in [4.69, 9.17) is 19.3 Å². The number of aliphatic hydroxyl groups is 1. The third-order valence-corrected chi connectivity index (χ3v) is 6.19. The molecule has 8 nitrogen and oxygen atoms in total. The fraction of sp³-hybridized carbons (Fsp3) is 0.417. The zero-order valence-electron chi connectivity index (χ0n) is 19.6. The standard InChI is InChI=1S/C24H29N3O5S/c1-13(11-28)31-18-9-15-16(10-17(18)30-6)32-22(24(2,3)4)19-20(23(29)25-5)26-27(21(15)19)14-7-8-33-12-14/h7-10,12-13,22,28H,11H2,1-6H3,(H,25,29). The Bertz CT molecular complexity index is 1160. The maximum atomic E-state index is 12.9. The van der Waals surface area contributed by atoms with Gasteiger partial charge in [0.25, 0.3) is 5.91 Å². The molecule has 1 aliphatic rings. The predicted octanol–water partition coefficient (Wildman–Crippen LogP) is 4.21. The number of hydrogen-bond acceptors (Lipinski definition) is 7. The van der Waals surface area contributed by atoms with Gasteiger partial charge in [-0.05, 0) is 24.4 Å². The lowest BCUT2D eigenvalue weighted by Gasteiger charge is -2.36. The molecule has 3 aromatic rings. The smallest absolute Gasteiger partial charge is 0.271 e. The molecule has 2 N–H and O–H groups in total. The van der Waals surface area contributed by atoms with E-state index in [2.05, 4.69) is 26.1 Å². The zero-order valence-corrected chi connectivity index (χ0v) is 20.4. The average molecular weight is 472 g/mol. The molecular weight excluding hydrogens is 442 g/mol. The number of nitrogens with one attached hydrogen (secondary N) is 1. The number of fused-ring (bicyclic) bond motifs is 3. The molecule has 0 aliphatic carbocycles. The van der Waals surface area contributed by atoms with Gasteiger partial charge in [0, 0.05) is 29.5 Å². The maximum Gasteiger partial charge on any atom is 0.271 e. The van der Waals surface area contributed by atoms with Crippen molar-refractivity contribution in [2.75, 3.05) is 20.8 Å². The molecular formula is C24H29N3O5S. The Hall–Kier alpha value is -3.04. The molecule has 176 valence electrons. The van der Waals surface area contributed by atoms with Crippen LogP contribution in [0.5, 0.6) is 17.2 Å². The van der Waals surface area contributed by atoms with Gasteiger partial charge in [-0.1, -0.05) is 20.8 Å². The van der Waals surface area contributed by atoms with Crippen LogP contribution in [0.4, 0.5) is 0 Å². The van der Waals surface area contributed by atoms with Gasteiger partial charge < -0.3 is 24.6 Å². The van der Waals surface area contributed by atoms with Crippen molar-refractivity contribution in [1.29, 1.82) is 0 Å². The number of benzene rings is 1. The van der Waals surface area contributed by atoms with Crippen molar-refractivity contribution in [1.82, 2.24) is 15.1 Å². The largest absolute Gasteiger partial charge is 0.493 e. The van der Waals surface area contributed by atoms with Gasteiger partial charge in [0.2, 0.25) is 0 Å². The van der Waals surface area contributed by atoms with E-state index in [1.54, 1.807) is 43.2 Å². The molecule has 0 saturated heterocycles. The number of thiophene rings is 1. The van der Waals surface area contributed by atoms with Gasteiger partial charge in [0.1, 0.15) is 18.0 Å². The van der Waals surface area contributed by atoms with E-state index in [1.807, 2.05) is 22.9 Å². The molecule has 3 heterocycles. The molecule has 2 aromatic heterocycles. The van der Waals surface area contributed by atoms with Crippen LogP contribution in [0, 0.1) is 5.41 Å². The quantitative estimate of drug-likeness (QED) is 0.559. The fourth-order valence-corrected chi connectivity index (χ4v) is 4.53. The number of ether oxygens (including phenoxy) is 3. The SMILES string of the molecule is CNC(=O)c1nn(-c2ccsc2)c2c1C(C(C)(C)C)Oc1cc(OC)c(OC(C)CO)cc1-2. The first-order valence-corrected chi connectivity index (χ1v) is 11.7. The van der Waals surface area contributed by atoms with Crippen LogP contribution >= 0.6 is 11.3 Å². The highest BCUT2D eigenvalue weighted by Gasteiger charge is 2.42. The molecule has 33 heavy (non-hydrogen) atoms. The van der Waals surface area contributed by atoms with E-state index in [1.165, 1.54) is 0 Å². The molecule has 4 rings (SSSR count). The summed E-state index contributed by atoms with van der Waals surface area (Å²) in [5, 5.41) is 20.9. The van der Waals surface area contributed by atoms with Crippen LogP contribution in [0.25, 0.3) is 16.9 Å².